The molecule has 0 unspecified atom stereocenters. The molecule has 0 spiro atoms. The first kappa shape index (κ1) is 20.7. The molecule has 0 aromatic carbocycles. The summed E-state index contributed by atoms with van der Waals surface area (Å²) < 4.78 is 28.5. The molecule has 2 amide bonds. The van der Waals surface area contributed by atoms with Gasteiger partial charge in [0.15, 0.2) is 0 Å². The smallest absolute Gasteiger partial charge is 0.281 e. The van der Waals surface area contributed by atoms with Crippen LogP contribution in [0, 0.1) is 11.8 Å². The molecule has 0 bridgehead atoms. The van der Waals surface area contributed by atoms with E-state index in [1.165, 1.54) is 4.31 Å². The fraction of sp³-hybridized carbons (Fsp3) is 0.889. The van der Waals surface area contributed by atoms with Gasteiger partial charge in [-0.2, -0.15) is 17.0 Å². The quantitative estimate of drug-likeness (QED) is 0.653. The van der Waals surface area contributed by atoms with Gasteiger partial charge in [0.2, 0.25) is 11.8 Å². The summed E-state index contributed by atoms with van der Waals surface area (Å²) in [6, 6.07) is -0.292. The lowest BCUT2D eigenvalue weighted by Gasteiger charge is -2.41. The minimum absolute atomic E-state index is 0.159. The van der Waals surface area contributed by atoms with Crippen molar-refractivity contribution in [3.63, 3.8) is 0 Å². The van der Waals surface area contributed by atoms with Gasteiger partial charge >= 0.3 is 0 Å². The van der Waals surface area contributed by atoms with E-state index in [4.69, 9.17) is 0 Å². The van der Waals surface area contributed by atoms with Gasteiger partial charge in [-0.3, -0.25) is 19.8 Å². The summed E-state index contributed by atoms with van der Waals surface area (Å²) in [4.78, 5) is 25.4. The lowest BCUT2D eigenvalue weighted by molar-refractivity contribution is -0.126. The normalized spacial score (nSPS) is 27.4. The van der Waals surface area contributed by atoms with Crippen LogP contribution >= 0.6 is 0 Å². The fourth-order valence-electron chi connectivity index (χ4n) is 4.83. The SMILES string of the molecule is CCN(CC)S(=O)(=O)N1CCC(C2CCN([C@@H]3CC(=O)NC3=O)CC2)CC1. The summed E-state index contributed by atoms with van der Waals surface area (Å²) >= 11 is 0. The highest BCUT2D eigenvalue weighted by Gasteiger charge is 2.39. The Labute approximate surface area is 162 Å². The fourth-order valence-corrected chi connectivity index (χ4v) is 6.48. The second-order valence-corrected chi connectivity index (χ2v) is 9.76. The van der Waals surface area contributed by atoms with Crippen LogP contribution in [-0.4, -0.2) is 79.1 Å². The van der Waals surface area contributed by atoms with E-state index in [0.29, 0.717) is 38.0 Å². The van der Waals surface area contributed by atoms with Crippen LogP contribution in [0.25, 0.3) is 0 Å². The maximum atomic E-state index is 12.7. The molecule has 3 heterocycles. The molecule has 3 aliphatic rings. The second-order valence-electron chi connectivity index (χ2n) is 7.83. The maximum absolute atomic E-state index is 12.7. The van der Waals surface area contributed by atoms with Crippen LogP contribution < -0.4 is 5.32 Å². The number of nitrogens with one attached hydrogen (secondary N) is 1. The average Bonchev–Trinajstić information content (AvgIpc) is 3.01. The molecule has 0 aromatic heterocycles. The molecule has 3 aliphatic heterocycles. The molecule has 3 saturated heterocycles. The van der Waals surface area contributed by atoms with E-state index in [1.807, 2.05) is 13.8 Å². The Morgan fingerprint density at radius 1 is 0.963 bits per heavy atom. The first-order valence-electron chi connectivity index (χ1n) is 10.2. The van der Waals surface area contributed by atoms with E-state index in [1.54, 1.807) is 4.31 Å². The van der Waals surface area contributed by atoms with Crippen molar-refractivity contribution in [2.45, 2.75) is 52.0 Å². The predicted molar refractivity (Wildman–Crippen MR) is 102 cm³/mol. The Hall–Kier alpha value is -1.03. The molecule has 8 nitrogen and oxygen atoms in total. The van der Waals surface area contributed by atoms with Gasteiger partial charge in [0, 0.05) is 26.2 Å². The zero-order chi connectivity index (χ0) is 19.6. The Balaban J connectivity index is 1.49. The number of carbonyl (C=O) groups is 2. The van der Waals surface area contributed by atoms with Gasteiger partial charge in [-0.15, -0.1) is 0 Å². The number of likely N-dealkylation sites (tertiary alicyclic amines) is 1. The third-order valence-corrected chi connectivity index (χ3v) is 8.67. The molecule has 27 heavy (non-hydrogen) atoms. The molecule has 0 aromatic rings. The van der Waals surface area contributed by atoms with Gasteiger partial charge < -0.3 is 0 Å². The lowest BCUT2D eigenvalue weighted by Crippen LogP contribution is -2.49. The minimum atomic E-state index is -3.33. The molecule has 9 heteroatoms. The summed E-state index contributed by atoms with van der Waals surface area (Å²) in [5, 5.41) is 2.39. The number of piperidine rings is 2. The van der Waals surface area contributed by atoms with Crippen LogP contribution in [0.5, 0.6) is 0 Å². The lowest BCUT2D eigenvalue weighted by atomic mass is 9.79. The van der Waals surface area contributed by atoms with Crippen molar-refractivity contribution in [2.75, 3.05) is 39.3 Å². The topological polar surface area (TPSA) is 90.0 Å². The third-order valence-electron chi connectivity index (χ3n) is 6.48. The molecule has 0 aliphatic carbocycles. The van der Waals surface area contributed by atoms with Crippen molar-refractivity contribution in [1.29, 1.82) is 0 Å². The summed E-state index contributed by atoms with van der Waals surface area (Å²) in [5.74, 6) is 0.802. The van der Waals surface area contributed by atoms with Gasteiger partial charge in [0.1, 0.15) is 0 Å². The standard InChI is InChI=1S/C18H32N4O4S/c1-3-21(4-2)27(25,26)22-11-7-15(8-12-22)14-5-9-20(10-6-14)16-13-17(23)19-18(16)24/h14-16H,3-13H2,1-2H3,(H,19,23,24)/t16-/m1/s1. The molecular formula is C18H32N4O4S. The van der Waals surface area contributed by atoms with Crippen molar-refractivity contribution in [3.05, 3.63) is 0 Å². The summed E-state index contributed by atoms with van der Waals surface area (Å²) in [6.45, 7) is 7.65. The number of imide groups is 1. The average molecular weight is 401 g/mol. The highest BCUT2D eigenvalue weighted by Crippen LogP contribution is 2.34. The monoisotopic (exact) mass is 400 g/mol. The van der Waals surface area contributed by atoms with Gasteiger partial charge in [0.05, 0.1) is 12.5 Å². The molecule has 0 radical (unpaired) electrons. The van der Waals surface area contributed by atoms with Crippen LogP contribution in [0.15, 0.2) is 0 Å². The summed E-state index contributed by atoms with van der Waals surface area (Å²) in [6.07, 6.45) is 4.14. The van der Waals surface area contributed by atoms with Crippen LogP contribution in [0.4, 0.5) is 0 Å². The predicted octanol–water partition coefficient (Wildman–Crippen LogP) is 0.412. The first-order valence-corrected chi connectivity index (χ1v) is 11.6. The highest BCUT2D eigenvalue weighted by molar-refractivity contribution is 7.86. The molecule has 1 atom stereocenters. The van der Waals surface area contributed by atoms with Crippen molar-refractivity contribution in [2.24, 2.45) is 11.8 Å². The molecule has 1 N–H and O–H groups in total. The molecular weight excluding hydrogens is 368 g/mol. The number of amides is 2. The number of carbonyl (C=O) groups excluding carboxylic acids is 2. The zero-order valence-electron chi connectivity index (χ0n) is 16.4. The third kappa shape index (κ3) is 4.36. The minimum Gasteiger partial charge on any atom is -0.295 e. The van der Waals surface area contributed by atoms with Gasteiger partial charge in [0.25, 0.3) is 10.2 Å². The zero-order valence-corrected chi connectivity index (χ0v) is 17.2. The Kier molecular flexibility index (Phi) is 6.55. The highest BCUT2D eigenvalue weighted by atomic mass is 32.2. The number of hydrogen-bond donors (Lipinski definition) is 1. The Morgan fingerprint density at radius 3 is 1.93 bits per heavy atom. The summed E-state index contributed by atoms with van der Waals surface area (Å²) in [5.41, 5.74) is 0. The van der Waals surface area contributed by atoms with Crippen molar-refractivity contribution < 1.29 is 18.0 Å². The van der Waals surface area contributed by atoms with Crippen LogP contribution in [0.3, 0.4) is 0 Å². The number of nitrogens with zero attached hydrogens (tertiary/aromatic N) is 3. The molecule has 154 valence electrons. The first-order chi connectivity index (χ1) is 12.9. The molecule has 3 rings (SSSR count). The maximum Gasteiger partial charge on any atom is 0.281 e. The van der Waals surface area contributed by atoms with E-state index in [9.17, 15) is 18.0 Å². The van der Waals surface area contributed by atoms with Crippen molar-refractivity contribution in [3.8, 4) is 0 Å². The van der Waals surface area contributed by atoms with Gasteiger partial charge in [-0.25, -0.2) is 0 Å². The van der Waals surface area contributed by atoms with E-state index in [-0.39, 0.29) is 24.3 Å². The summed E-state index contributed by atoms with van der Waals surface area (Å²) in [7, 11) is -3.33. The second kappa shape index (κ2) is 8.55. The number of rotatable bonds is 6. The molecule has 0 saturated carbocycles. The van der Waals surface area contributed by atoms with Gasteiger partial charge in [-0.05, 0) is 50.6 Å². The number of hydrogen-bond acceptors (Lipinski definition) is 5. The van der Waals surface area contributed by atoms with Crippen LogP contribution in [0.1, 0.15) is 46.0 Å². The Morgan fingerprint density at radius 2 is 1.48 bits per heavy atom. The van der Waals surface area contributed by atoms with Gasteiger partial charge in [-0.1, -0.05) is 13.8 Å². The van der Waals surface area contributed by atoms with E-state index in [0.717, 1.165) is 38.8 Å². The van der Waals surface area contributed by atoms with E-state index in [2.05, 4.69) is 10.2 Å². The van der Waals surface area contributed by atoms with Crippen molar-refractivity contribution >= 4 is 22.0 Å². The largest absolute Gasteiger partial charge is 0.295 e. The van der Waals surface area contributed by atoms with E-state index >= 15 is 0 Å². The van der Waals surface area contributed by atoms with Crippen molar-refractivity contribution in [1.82, 2.24) is 18.8 Å². The Bertz CT molecular complexity index is 648. The van der Waals surface area contributed by atoms with E-state index < -0.39 is 10.2 Å². The molecule has 3 fully saturated rings. The van der Waals surface area contributed by atoms with Crippen LogP contribution in [-0.2, 0) is 19.8 Å². The van der Waals surface area contributed by atoms with Crippen LogP contribution in [0.2, 0.25) is 0 Å².